The largest absolute Gasteiger partial charge is 0.481 e. The van der Waals surface area contributed by atoms with Crippen molar-refractivity contribution in [2.75, 3.05) is 0 Å². The van der Waals surface area contributed by atoms with Crippen LogP contribution in [0.15, 0.2) is 0 Å². The van der Waals surface area contributed by atoms with Gasteiger partial charge < -0.3 is 5.11 Å². The summed E-state index contributed by atoms with van der Waals surface area (Å²) in [4.78, 5) is 10.3. The van der Waals surface area contributed by atoms with Gasteiger partial charge in [-0.1, -0.05) is 84.5 Å². The van der Waals surface area contributed by atoms with Gasteiger partial charge in [0.2, 0.25) is 0 Å². The maximum atomic E-state index is 10.3. The number of hydrogen-bond acceptors (Lipinski definition) is 1. The van der Waals surface area contributed by atoms with Crippen molar-refractivity contribution in [1.29, 1.82) is 0 Å². The molecule has 0 fully saturated rings. The maximum Gasteiger partial charge on any atom is 0.303 e. The Labute approximate surface area is 120 Å². The van der Waals surface area contributed by atoms with E-state index in [4.69, 9.17) is 5.11 Å². The quantitative estimate of drug-likeness (QED) is 0.405. The summed E-state index contributed by atoms with van der Waals surface area (Å²) in [6.45, 7) is 4.60. The summed E-state index contributed by atoms with van der Waals surface area (Å²) in [7, 11) is 0. The number of carboxylic acid groups (broad SMARTS) is 1. The van der Waals surface area contributed by atoms with Crippen LogP contribution < -0.4 is 0 Å². The Bertz CT molecular complexity index is 201. The average Bonchev–Trinajstić information content (AvgIpc) is 2.40. The molecule has 0 rings (SSSR count). The van der Waals surface area contributed by atoms with Crippen molar-refractivity contribution in [1.82, 2.24) is 0 Å². The highest BCUT2D eigenvalue weighted by molar-refractivity contribution is 5.66. The molecule has 0 aromatic heterocycles. The summed E-state index contributed by atoms with van der Waals surface area (Å²) in [5, 5.41) is 8.52. The number of carbonyl (C=O) groups is 1. The highest BCUT2D eigenvalue weighted by Crippen LogP contribution is 2.20. The normalized spacial score (nSPS) is 12.5. The molecule has 0 aliphatic rings. The lowest BCUT2D eigenvalue weighted by Crippen LogP contribution is -1.98. The Morgan fingerprint density at radius 1 is 0.842 bits per heavy atom. The standard InChI is InChI=1S/C17H34O2/c1-3-5-13-16(4-2)14-11-9-7-6-8-10-12-15-17(18)19/h16H,3-15H2,1-2H3,(H,18,19). The fourth-order valence-corrected chi connectivity index (χ4v) is 2.64. The van der Waals surface area contributed by atoms with Gasteiger partial charge in [0.05, 0.1) is 0 Å². The van der Waals surface area contributed by atoms with Crippen molar-refractivity contribution in [2.24, 2.45) is 5.92 Å². The molecule has 0 heterocycles. The van der Waals surface area contributed by atoms with Crippen LogP contribution in [0.2, 0.25) is 0 Å². The van der Waals surface area contributed by atoms with Gasteiger partial charge in [0.1, 0.15) is 0 Å². The lowest BCUT2D eigenvalue weighted by atomic mass is 9.93. The number of hydrogen-bond donors (Lipinski definition) is 1. The molecule has 0 saturated carbocycles. The van der Waals surface area contributed by atoms with Crippen LogP contribution in [0.3, 0.4) is 0 Å². The highest BCUT2D eigenvalue weighted by Gasteiger charge is 2.05. The molecular formula is C17H34O2. The van der Waals surface area contributed by atoms with Gasteiger partial charge in [-0.25, -0.2) is 0 Å². The zero-order valence-electron chi connectivity index (χ0n) is 13.1. The molecule has 2 nitrogen and oxygen atoms in total. The molecule has 0 radical (unpaired) electrons. The molecule has 0 aromatic rings. The number of rotatable bonds is 14. The first kappa shape index (κ1) is 18.5. The average molecular weight is 270 g/mol. The van der Waals surface area contributed by atoms with E-state index in [-0.39, 0.29) is 0 Å². The van der Waals surface area contributed by atoms with Crippen molar-refractivity contribution in [3.63, 3.8) is 0 Å². The third kappa shape index (κ3) is 13.7. The summed E-state index contributed by atoms with van der Waals surface area (Å²) in [6.07, 6.45) is 15.7. The van der Waals surface area contributed by atoms with Gasteiger partial charge in [0.25, 0.3) is 0 Å². The topological polar surface area (TPSA) is 37.3 Å². The van der Waals surface area contributed by atoms with E-state index >= 15 is 0 Å². The van der Waals surface area contributed by atoms with Gasteiger partial charge in [0.15, 0.2) is 0 Å². The molecule has 1 unspecified atom stereocenters. The van der Waals surface area contributed by atoms with E-state index in [1.807, 2.05) is 0 Å². The van der Waals surface area contributed by atoms with Crippen LogP contribution in [0.4, 0.5) is 0 Å². The van der Waals surface area contributed by atoms with Crippen LogP contribution >= 0.6 is 0 Å². The van der Waals surface area contributed by atoms with Gasteiger partial charge in [-0.15, -0.1) is 0 Å². The minimum Gasteiger partial charge on any atom is -0.481 e. The fraction of sp³-hybridized carbons (Fsp3) is 0.941. The van der Waals surface area contributed by atoms with Crippen LogP contribution in [0.5, 0.6) is 0 Å². The van der Waals surface area contributed by atoms with Gasteiger partial charge in [-0.3, -0.25) is 4.79 Å². The third-order valence-corrected chi connectivity index (χ3v) is 4.05. The summed E-state index contributed by atoms with van der Waals surface area (Å²) in [6, 6.07) is 0. The first-order valence-corrected chi connectivity index (χ1v) is 8.42. The van der Waals surface area contributed by atoms with Crippen LogP contribution in [0, 0.1) is 5.92 Å². The monoisotopic (exact) mass is 270 g/mol. The first-order chi connectivity index (χ1) is 9.20. The Kier molecular flexibility index (Phi) is 13.5. The molecular weight excluding hydrogens is 236 g/mol. The van der Waals surface area contributed by atoms with E-state index in [9.17, 15) is 4.79 Å². The van der Waals surface area contributed by atoms with Gasteiger partial charge in [-0.2, -0.15) is 0 Å². The SMILES string of the molecule is CCCCC(CC)CCCCCCCCCC(=O)O. The van der Waals surface area contributed by atoms with Gasteiger partial charge in [-0.05, 0) is 12.3 Å². The lowest BCUT2D eigenvalue weighted by Gasteiger charge is -2.13. The van der Waals surface area contributed by atoms with Crippen LogP contribution in [0.25, 0.3) is 0 Å². The van der Waals surface area contributed by atoms with Gasteiger partial charge in [0, 0.05) is 6.42 Å². The van der Waals surface area contributed by atoms with Crippen molar-refractivity contribution >= 4 is 5.97 Å². The molecule has 2 heteroatoms. The van der Waals surface area contributed by atoms with E-state index in [0.29, 0.717) is 6.42 Å². The van der Waals surface area contributed by atoms with Crippen molar-refractivity contribution in [3.8, 4) is 0 Å². The molecule has 19 heavy (non-hydrogen) atoms. The van der Waals surface area contributed by atoms with E-state index in [1.165, 1.54) is 64.2 Å². The first-order valence-electron chi connectivity index (χ1n) is 8.42. The maximum absolute atomic E-state index is 10.3. The van der Waals surface area contributed by atoms with E-state index in [1.54, 1.807) is 0 Å². The lowest BCUT2D eigenvalue weighted by molar-refractivity contribution is -0.137. The Morgan fingerprint density at radius 2 is 1.37 bits per heavy atom. The zero-order chi connectivity index (χ0) is 14.3. The Balaban J connectivity index is 3.22. The molecule has 0 saturated heterocycles. The van der Waals surface area contributed by atoms with Crippen molar-refractivity contribution in [2.45, 2.75) is 97.3 Å². The zero-order valence-corrected chi connectivity index (χ0v) is 13.1. The summed E-state index contributed by atoms with van der Waals surface area (Å²) >= 11 is 0. The van der Waals surface area contributed by atoms with E-state index in [2.05, 4.69) is 13.8 Å². The molecule has 0 spiro atoms. The number of aliphatic carboxylic acids is 1. The molecule has 0 aliphatic heterocycles. The predicted molar refractivity (Wildman–Crippen MR) is 82.5 cm³/mol. The number of unbranched alkanes of at least 4 members (excludes halogenated alkanes) is 7. The van der Waals surface area contributed by atoms with Gasteiger partial charge >= 0.3 is 5.97 Å². The van der Waals surface area contributed by atoms with Crippen molar-refractivity contribution < 1.29 is 9.90 Å². The molecule has 0 amide bonds. The third-order valence-electron chi connectivity index (χ3n) is 4.05. The second-order valence-electron chi connectivity index (χ2n) is 5.82. The minimum atomic E-state index is -0.655. The molecule has 1 N–H and O–H groups in total. The molecule has 1 atom stereocenters. The van der Waals surface area contributed by atoms with Crippen LogP contribution in [0.1, 0.15) is 97.3 Å². The van der Waals surface area contributed by atoms with Crippen molar-refractivity contribution in [3.05, 3.63) is 0 Å². The van der Waals surface area contributed by atoms with E-state index in [0.717, 1.165) is 18.8 Å². The molecule has 0 bridgehead atoms. The molecule has 0 aliphatic carbocycles. The number of carboxylic acids is 1. The highest BCUT2D eigenvalue weighted by atomic mass is 16.4. The Hall–Kier alpha value is -0.530. The Morgan fingerprint density at radius 3 is 1.89 bits per heavy atom. The van der Waals surface area contributed by atoms with E-state index < -0.39 is 5.97 Å². The molecule has 114 valence electrons. The second-order valence-corrected chi connectivity index (χ2v) is 5.82. The second kappa shape index (κ2) is 13.9. The summed E-state index contributed by atoms with van der Waals surface area (Å²) in [5.74, 6) is 0.299. The van der Waals surface area contributed by atoms with Crippen LogP contribution in [-0.2, 0) is 4.79 Å². The summed E-state index contributed by atoms with van der Waals surface area (Å²) < 4.78 is 0. The molecule has 0 aromatic carbocycles. The smallest absolute Gasteiger partial charge is 0.303 e. The van der Waals surface area contributed by atoms with Crippen LogP contribution in [-0.4, -0.2) is 11.1 Å². The predicted octanol–water partition coefficient (Wildman–Crippen LogP) is 5.80. The fourth-order valence-electron chi connectivity index (χ4n) is 2.64. The minimum absolute atomic E-state index is 0.343. The summed E-state index contributed by atoms with van der Waals surface area (Å²) in [5.41, 5.74) is 0.